The molecule has 4 heteroatoms. The Bertz CT molecular complexity index is 981. The molecule has 0 spiro atoms. The molecule has 0 radical (unpaired) electrons. The minimum Gasteiger partial charge on any atom is -0.324 e. The Morgan fingerprint density at radius 3 is 2.27 bits per heavy atom. The summed E-state index contributed by atoms with van der Waals surface area (Å²) in [6.07, 6.45) is 1.97. The smallest absolute Gasteiger partial charge is 0.255 e. The Kier molecular flexibility index (Phi) is 5.03. The molecule has 2 aromatic carbocycles. The number of rotatable bonds is 4. The Labute approximate surface area is 153 Å². The molecule has 0 bridgehead atoms. The summed E-state index contributed by atoms with van der Waals surface area (Å²) < 4.78 is 1.53. The van der Waals surface area contributed by atoms with Crippen LogP contribution in [0.25, 0.3) is 5.69 Å². The molecule has 0 aliphatic rings. The maximum atomic E-state index is 12.5. The molecule has 0 saturated carbocycles. The number of pyridine rings is 1. The van der Waals surface area contributed by atoms with Crippen LogP contribution in [0.15, 0.2) is 65.6 Å². The first-order valence-electron chi connectivity index (χ1n) is 8.59. The van der Waals surface area contributed by atoms with E-state index in [9.17, 15) is 9.59 Å². The number of para-hydroxylation sites is 1. The molecule has 3 aromatic rings. The molecule has 0 aliphatic heterocycles. The van der Waals surface area contributed by atoms with E-state index in [1.165, 1.54) is 16.2 Å². The van der Waals surface area contributed by atoms with E-state index in [0.717, 1.165) is 22.4 Å². The number of hydrogen-bond acceptors (Lipinski definition) is 2. The number of anilines is 1. The van der Waals surface area contributed by atoms with Crippen LogP contribution >= 0.6 is 0 Å². The van der Waals surface area contributed by atoms with Crippen LogP contribution in [0.1, 0.15) is 22.3 Å². The highest BCUT2D eigenvalue weighted by molar-refractivity contribution is 5.92. The van der Waals surface area contributed by atoms with Crippen molar-refractivity contribution in [3.8, 4) is 5.69 Å². The van der Waals surface area contributed by atoms with Gasteiger partial charge in [0.15, 0.2) is 0 Å². The second-order valence-electron chi connectivity index (χ2n) is 6.56. The number of carbonyl (C=O) groups excluding carboxylic acids is 1. The van der Waals surface area contributed by atoms with Gasteiger partial charge in [0, 0.05) is 18.0 Å². The standard InChI is InChI=1S/C22H22N2O2/c1-15-11-16(2)20(17(3)12-15)13-21(25)23-18-9-10-22(26)24(14-18)19-7-5-4-6-8-19/h4-12,14H,13H2,1-3H3,(H,23,25). The summed E-state index contributed by atoms with van der Waals surface area (Å²) >= 11 is 0. The summed E-state index contributed by atoms with van der Waals surface area (Å²) in [4.78, 5) is 24.6. The average Bonchev–Trinajstić information content (AvgIpc) is 2.60. The number of carbonyl (C=O) groups is 1. The summed E-state index contributed by atoms with van der Waals surface area (Å²) in [6.45, 7) is 6.10. The number of nitrogens with zero attached hydrogens (tertiary/aromatic N) is 1. The predicted molar refractivity (Wildman–Crippen MR) is 105 cm³/mol. The van der Waals surface area contributed by atoms with Crippen LogP contribution < -0.4 is 10.9 Å². The predicted octanol–water partition coefficient (Wildman–Crippen LogP) is 3.94. The Balaban J connectivity index is 1.82. The van der Waals surface area contributed by atoms with Gasteiger partial charge in [0.1, 0.15) is 0 Å². The molecule has 1 amide bonds. The van der Waals surface area contributed by atoms with Crippen molar-refractivity contribution < 1.29 is 4.79 Å². The molecule has 0 fully saturated rings. The second-order valence-corrected chi connectivity index (χ2v) is 6.56. The molecule has 0 unspecified atom stereocenters. The first-order valence-corrected chi connectivity index (χ1v) is 8.59. The van der Waals surface area contributed by atoms with E-state index in [-0.39, 0.29) is 11.5 Å². The lowest BCUT2D eigenvalue weighted by Gasteiger charge is -2.13. The largest absolute Gasteiger partial charge is 0.324 e. The van der Waals surface area contributed by atoms with E-state index < -0.39 is 0 Å². The van der Waals surface area contributed by atoms with Crippen LogP contribution in [0.2, 0.25) is 0 Å². The molecule has 0 aliphatic carbocycles. The lowest BCUT2D eigenvalue weighted by molar-refractivity contribution is -0.115. The zero-order valence-corrected chi connectivity index (χ0v) is 15.2. The Hall–Kier alpha value is -3.14. The van der Waals surface area contributed by atoms with E-state index in [0.29, 0.717) is 12.1 Å². The van der Waals surface area contributed by atoms with Gasteiger partial charge in [-0.1, -0.05) is 35.9 Å². The molecule has 132 valence electrons. The quantitative estimate of drug-likeness (QED) is 0.778. The van der Waals surface area contributed by atoms with Gasteiger partial charge < -0.3 is 5.32 Å². The van der Waals surface area contributed by atoms with Gasteiger partial charge in [-0.15, -0.1) is 0 Å². The lowest BCUT2D eigenvalue weighted by atomic mass is 9.97. The highest BCUT2D eigenvalue weighted by atomic mass is 16.1. The number of aromatic nitrogens is 1. The van der Waals surface area contributed by atoms with Gasteiger partial charge in [-0.05, 0) is 55.7 Å². The number of amides is 1. The van der Waals surface area contributed by atoms with Crippen molar-refractivity contribution in [1.82, 2.24) is 4.57 Å². The molecule has 26 heavy (non-hydrogen) atoms. The van der Waals surface area contributed by atoms with Crippen molar-refractivity contribution >= 4 is 11.6 Å². The van der Waals surface area contributed by atoms with Crippen molar-refractivity contribution in [2.75, 3.05) is 5.32 Å². The zero-order valence-electron chi connectivity index (χ0n) is 15.2. The van der Waals surface area contributed by atoms with Crippen LogP contribution in [0.5, 0.6) is 0 Å². The molecular formula is C22H22N2O2. The fourth-order valence-corrected chi connectivity index (χ4v) is 3.21. The molecule has 3 rings (SSSR count). The number of hydrogen-bond donors (Lipinski definition) is 1. The molecule has 1 N–H and O–H groups in total. The molecule has 1 aromatic heterocycles. The molecule has 1 heterocycles. The summed E-state index contributed by atoms with van der Waals surface area (Å²) in [5, 5.41) is 2.90. The lowest BCUT2D eigenvalue weighted by Crippen LogP contribution is -2.20. The summed E-state index contributed by atoms with van der Waals surface area (Å²) in [7, 11) is 0. The fourth-order valence-electron chi connectivity index (χ4n) is 3.21. The maximum absolute atomic E-state index is 12.5. The van der Waals surface area contributed by atoms with Crippen molar-refractivity contribution in [1.29, 1.82) is 0 Å². The highest BCUT2D eigenvalue weighted by Gasteiger charge is 2.11. The summed E-state index contributed by atoms with van der Waals surface area (Å²) in [6, 6.07) is 16.6. The molecule has 0 atom stereocenters. The van der Waals surface area contributed by atoms with Crippen LogP contribution in [-0.2, 0) is 11.2 Å². The van der Waals surface area contributed by atoms with Crippen LogP contribution in [-0.4, -0.2) is 10.5 Å². The first-order chi connectivity index (χ1) is 12.4. The normalized spacial score (nSPS) is 10.6. The van der Waals surface area contributed by atoms with Gasteiger partial charge in [0.2, 0.25) is 5.91 Å². The number of nitrogens with one attached hydrogen (secondary N) is 1. The fraction of sp³-hybridized carbons (Fsp3) is 0.182. The van der Waals surface area contributed by atoms with Gasteiger partial charge in [-0.3, -0.25) is 14.2 Å². The van der Waals surface area contributed by atoms with Gasteiger partial charge in [0.05, 0.1) is 12.1 Å². The summed E-state index contributed by atoms with van der Waals surface area (Å²) in [5.41, 5.74) is 5.70. The Morgan fingerprint density at radius 1 is 0.962 bits per heavy atom. The van der Waals surface area contributed by atoms with Gasteiger partial charge in [-0.25, -0.2) is 0 Å². The van der Waals surface area contributed by atoms with Gasteiger partial charge in [0.25, 0.3) is 5.56 Å². The number of aryl methyl sites for hydroxylation is 3. The van der Waals surface area contributed by atoms with Crippen molar-refractivity contribution in [3.05, 3.63) is 93.4 Å². The second kappa shape index (κ2) is 7.40. The number of benzene rings is 2. The minimum atomic E-state index is -0.139. The molecular weight excluding hydrogens is 324 g/mol. The van der Waals surface area contributed by atoms with Crippen LogP contribution in [0.3, 0.4) is 0 Å². The zero-order chi connectivity index (χ0) is 18.7. The third-order valence-corrected chi connectivity index (χ3v) is 4.41. The topological polar surface area (TPSA) is 51.1 Å². The van der Waals surface area contributed by atoms with Crippen LogP contribution in [0.4, 0.5) is 5.69 Å². The monoisotopic (exact) mass is 346 g/mol. The van der Waals surface area contributed by atoms with E-state index >= 15 is 0 Å². The third-order valence-electron chi connectivity index (χ3n) is 4.41. The Morgan fingerprint density at radius 2 is 1.62 bits per heavy atom. The van der Waals surface area contributed by atoms with E-state index in [2.05, 4.69) is 24.4 Å². The third kappa shape index (κ3) is 3.91. The van der Waals surface area contributed by atoms with Crippen molar-refractivity contribution in [2.45, 2.75) is 27.2 Å². The summed E-state index contributed by atoms with van der Waals surface area (Å²) in [5.74, 6) is -0.0988. The van der Waals surface area contributed by atoms with Crippen molar-refractivity contribution in [2.24, 2.45) is 0 Å². The SMILES string of the molecule is Cc1cc(C)c(CC(=O)Nc2ccc(=O)n(-c3ccccc3)c2)c(C)c1. The van der Waals surface area contributed by atoms with E-state index in [1.54, 1.807) is 12.3 Å². The van der Waals surface area contributed by atoms with Crippen LogP contribution in [0, 0.1) is 20.8 Å². The first kappa shape index (κ1) is 17.7. The molecule has 4 nitrogen and oxygen atoms in total. The highest BCUT2D eigenvalue weighted by Crippen LogP contribution is 2.18. The van der Waals surface area contributed by atoms with Gasteiger partial charge >= 0.3 is 0 Å². The molecule has 0 saturated heterocycles. The van der Waals surface area contributed by atoms with E-state index in [4.69, 9.17) is 0 Å². The van der Waals surface area contributed by atoms with E-state index in [1.807, 2.05) is 44.2 Å². The average molecular weight is 346 g/mol. The van der Waals surface area contributed by atoms with Crippen molar-refractivity contribution in [3.63, 3.8) is 0 Å². The van der Waals surface area contributed by atoms with Gasteiger partial charge in [-0.2, -0.15) is 0 Å². The minimum absolute atomic E-state index is 0.0988. The maximum Gasteiger partial charge on any atom is 0.255 e.